The molecule has 118 valence electrons. The molecule has 0 radical (unpaired) electrons. The minimum atomic E-state index is -3.63. The van der Waals surface area contributed by atoms with Gasteiger partial charge in [0, 0.05) is 31.3 Å². The summed E-state index contributed by atoms with van der Waals surface area (Å²) in [5.41, 5.74) is 0. The topological polar surface area (TPSA) is 80.3 Å². The number of ether oxygens (including phenoxy) is 1. The molecule has 2 heterocycles. The fraction of sp³-hybridized carbons (Fsp3) is 0.615. The van der Waals surface area contributed by atoms with Gasteiger partial charge in [0.2, 0.25) is 10.0 Å². The van der Waals surface area contributed by atoms with E-state index in [0.717, 1.165) is 6.42 Å². The maximum absolute atomic E-state index is 12.3. The summed E-state index contributed by atoms with van der Waals surface area (Å²) in [7, 11) is -3.63. The molecule has 0 spiro atoms. The highest BCUT2D eigenvalue weighted by Gasteiger charge is 2.27. The van der Waals surface area contributed by atoms with Crippen LogP contribution in [0.25, 0.3) is 0 Å². The van der Waals surface area contributed by atoms with Crippen LogP contribution in [0.1, 0.15) is 20.3 Å². The lowest BCUT2D eigenvalue weighted by molar-refractivity contribution is 0.180. The number of hydrogen-bond acceptors (Lipinski definition) is 5. The summed E-state index contributed by atoms with van der Waals surface area (Å²) in [5, 5.41) is 3.25. The number of sulfonamides is 1. The maximum Gasteiger partial charge on any atom is 0.242 e. The molecule has 21 heavy (non-hydrogen) atoms. The van der Waals surface area contributed by atoms with Gasteiger partial charge in [-0.1, -0.05) is 11.6 Å². The van der Waals surface area contributed by atoms with Crippen LogP contribution >= 0.6 is 11.6 Å². The molecule has 1 aromatic heterocycles. The Morgan fingerprint density at radius 2 is 2.33 bits per heavy atom. The molecule has 1 aliphatic rings. The van der Waals surface area contributed by atoms with Gasteiger partial charge >= 0.3 is 0 Å². The Morgan fingerprint density at radius 1 is 1.57 bits per heavy atom. The van der Waals surface area contributed by atoms with Gasteiger partial charge in [0.05, 0.1) is 11.6 Å². The Bertz CT molecular complexity index is 588. The number of aromatic nitrogens is 1. The van der Waals surface area contributed by atoms with E-state index >= 15 is 0 Å². The van der Waals surface area contributed by atoms with Crippen LogP contribution in [0.3, 0.4) is 0 Å². The molecule has 0 aliphatic carbocycles. The predicted molar refractivity (Wildman–Crippen MR) is 82.1 cm³/mol. The van der Waals surface area contributed by atoms with Crippen molar-refractivity contribution in [2.24, 2.45) is 5.92 Å². The van der Waals surface area contributed by atoms with Crippen molar-refractivity contribution in [3.8, 4) is 0 Å². The normalized spacial score (nSPS) is 20.4. The molecule has 8 heteroatoms. The molecular formula is C13H20ClN3O3S. The molecule has 2 N–H and O–H groups in total. The van der Waals surface area contributed by atoms with Crippen molar-refractivity contribution in [1.29, 1.82) is 0 Å². The summed E-state index contributed by atoms with van der Waals surface area (Å²) in [6.07, 6.45) is 2.17. The lowest BCUT2D eigenvalue weighted by atomic mass is 10.0. The smallest absolute Gasteiger partial charge is 0.242 e. The van der Waals surface area contributed by atoms with E-state index in [0.29, 0.717) is 25.6 Å². The number of rotatable bonds is 6. The number of nitrogens with one attached hydrogen (secondary N) is 2. The average Bonchev–Trinajstić information content (AvgIpc) is 2.95. The lowest BCUT2D eigenvalue weighted by Crippen LogP contribution is -2.38. The Kier molecular flexibility index (Phi) is 5.43. The molecule has 0 bridgehead atoms. The van der Waals surface area contributed by atoms with E-state index in [1.54, 1.807) is 0 Å². The van der Waals surface area contributed by atoms with E-state index in [9.17, 15) is 8.42 Å². The van der Waals surface area contributed by atoms with Crippen LogP contribution < -0.4 is 10.0 Å². The summed E-state index contributed by atoms with van der Waals surface area (Å²) in [4.78, 5) is 4.12. The van der Waals surface area contributed by atoms with Gasteiger partial charge in [-0.15, -0.1) is 0 Å². The summed E-state index contributed by atoms with van der Waals surface area (Å²) in [6, 6.07) is 1.22. The van der Waals surface area contributed by atoms with Crippen molar-refractivity contribution in [2.45, 2.75) is 31.2 Å². The molecule has 2 atom stereocenters. The second kappa shape index (κ2) is 6.91. The van der Waals surface area contributed by atoms with Gasteiger partial charge in [0.15, 0.2) is 0 Å². The van der Waals surface area contributed by atoms with Crippen molar-refractivity contribution in [3.05, 3.63) is 17.3 Å². The molecule has 1 saturated heterocycles. The number of halogens is 1. The second-order valence-corrected chi connectivity index (χ2v) is 7.19. The van der Waals surface area contributed by atoms with Crippen molar-refractivity contribution < 1.29 is 13.2 Å². The zero-order chi connectivity index (χ0) is 15.5. The fourth-order valence-corrected chi connectivity index (χ4v) is 3.80. The van der Waals surface area contributed by atoms with E-state index in [1.807, 2.05) is 13.8 Å². The summed E-state index contributed by atoms with van der Waals surface area (Å²) in [6.45, 7) is 5.69. The van der Waals surface area contributed by atoms with Gasteiger partial charge in [-0.2, -0.15) is 0 Å². The van der Waals surface area contributed by atoms with Crippen molar-refractivity contribution in [2.75, 3.05) is 25.1 Å². The zero-order valence-corrected chi connectivity index (χ0v) is 13.7. The first-order chi connectivity index (χ1) is 9.94. The van der Waals surface area contributed by atoms with Gasteiger partial charge < -0.3 is 10.1 Å². The Hall–Kier alpha value is -0.890. The van der Waals surface area contributed by atoms with E-state index in [-0.39, 0.29) is 21.9 Å². The van der Waals surface area contributed by atoms with Crippen LogP contribution in [-0.4, -0.2) is 39.2 Å². The van der Waals surface area contributed by atoms with Gasteiger partial charge in [-0.25, -0.2) is 18.1 Å². The molecule has 6 nitrogen and oxygen atoms in total. The van der Waals surface area contributed by atoms with E-state index in [1.165, 1.54) is 12.3 Å². The number of hydrogen-bond donors (Lipinski definition) is 2. The van der Waals surface area contributed by atoms with Crippen LogP contribution in [0, 0.1) is 5.92 Å². The highest BCUT2D eigenvalue weighted by Crippen LogP contribution is 2.23. The third-order valence-corrected chi connectivity index (χ3v) is 5.30. The molecule has 0 amide bonds. The average molecular weight is 334 g/mol. The summed E-state index contributed by atoms with van der Waals surface area (Å²) >= 11 is 6.04. The van der Waals surface area contributed by atoms with Gasteiger partial charge in [-0.05, 0) is 26.3 Å². The van der Waals surface area contributed by atoms with E-state index in [4.69, 9.17) is 16.3 Å². The molecule has 2 rings (SSSR count). The van der Waals surface area contributed by atoms with Crippen molar-refractivity contribution in [3.63, 3.8) is 0 Å². The van der Waals surface area contributed by atoms with Crippen LogP contribution in [0.4, 0.5) is 5.82 Å². The zero-order valence-electron chi connectivity index (χ0n) is 12.1. The number of anilines is 1. The minimum Gasteiger partial charge on any atom is -0.381 e. The monoisotopic (exact) mass is 333 g/mol. The first-order valence-electron chi connectivity index (χ1n) is 6.93. The van der Waals surface area contributed by atoms with Crippen LogP contribution in [-0.2, 0) is 14.8 Å². The third kappa shape index (κ3) is 4.06. The molecule has 1 aromatic rings. The molecule has 0 saturated carbocycles. The summed E-state index contributed by atoms with van der Waals surface area (Å²) < 4.78 is 32.6. The first kappa shape index (κ1) is 16.5. The van der Waals surface area contributed by atoms with Crippen LogP contribution in [0.5, 0.6) is 0 Å². The number of pyridine rings is 1. The maximum atomic E-state index is 12.3. The molecule has 2 unspecified atom stereocenters. The van der Waals surface area contributed by atoms with E-state index < -0.39 is 10.0 Å². The van der Waals surface area contributed by atoms with Crippen LogP contribution in [0.15, 0.2) is 17.2 Å². The van der Waals surface area contributed by atoms with Gasteiger partial charge in [0.1, 0.15) is 10.7 Å². The molecule has 1 aliphatic heterocycles. The third-order valence-electron chi connectivity index (χ3n) is 3.48. The van der Waals surface area contributed by atoms with Crippen molar-refractivity contribution in [1.82, 2.24) is 9.71 Å². The van der Waals surface area contributed by atoms with Crippen molar-refractivity contribution >= 4 is 27.4 Å². The first-order valence-corrected chi connectivity index (χ1v) is 8.79. The molecule has 1 fully saturated rings. The highest BCUT2D eigenvalue weighted by molar-refractivity contribution is 7.89. The molecular weight excluding hydrogens is 314 g/mol. The summed E-state index contributed by atoms with van der Waals surface area (Å²) in [5.74, 6) is 0.680. The minimum absolute atomic E-state index is 0.0694. The standard InChI is InChI=1S/C13H20ClN3O3S/c1-3-15-13-12(14)6-11(7-16-13)21(18,19)17-9(2)10-4-5-20-8-10/h6-7,9-10,17H,3-5,8H2,1-2H3,(H,15,16). The largest absolute Gasteiger partial charge is 0.381 e. The van der Waals surface area contributed by atoms with Gasteiger partial charge in [-0.3, -0.25) is 0 Å². The molecule has 0 aromatic carbocycles. The SMILES string of the molecule is CCNc1ncc(S(=O)(=O)NC(C)C2CCOC2)cc1Cl. The fourth-order valence-electron chi connectivity index (χ4n) is 2.22. The quantitative estimate of drug-likeness (QED) is 0.830. The second-order valence-electron chi connectivity index (χ2n) is 5.07. The predicted octanol–water partition coefficient (Wildman–Crippen LogP) is 1.87. The number of nitrogens with zero attached hydrogens (tertiary/aromatic N) is 1. The lowest BCUT2D eigenvalue weighted by Gasteiger charge is -2.19. The van der Waals surface area contributed by atoms with Gasteiger partial charge in [0.25, 0.3) is 0 Å². The highest BCUT2D eigenvalue weighted by atomic mass is 35.5. The Morgan fingerprint density at radius 3 is 2.90 bits per heavy atom. The Balaban J connectivity index is 2.13. The Labute approximate surface area is 130 Å². The van der Waals surface area contributed by atoms with Crippen LogP contribution in [0.2, 0.25) is 5.02 Å². The van der Waals surface area contributed by atoms with E-state index in [2.05, 4.69) is 15.0 Å².